The SMILES string of the molecule is COc1cc2cc(C(=O)N3C[C@@H]4C[C@]45C3=CC(=O)c3[nH]c(C(=O)N4CCc6c4c(O)c(OC)c4[nH]c(C(=O)SC)cc64)cc35)[nH]c2c(OC)c1OC. The maximum atomic E-state index is 14.2. The van der Waals surface area contributed by atoms with Gasteiger partial charge in [0.15, 0.2) is 23.0 Å². The summed E-state index contributed by atoms with van der Waals surface area (Å²) in [5.74, 6) is 0.178. The molecule has 3 aromatic heterocycles. The van der Waals surface area contributed by atoms with E-state index in [4.69, 9.17) is 18.9 Å². The molecule has 0 radical (unpaired) electrons. The summed E-state index contributed by atoms with van der Waals surface area (Å²) in [6, 6.07) is 6.94. The third kappa shape index (κ3) is 4.07. The van der Waals surface area contributed by atoms with Crippen LogP contribution in [-0.4, -0.2) is 95.5 Å². The molecule has 5 heterocycles. The fourth-order valence-corrected chi connectivity index (χ4v) is 8.95. The predicted molar refractivity (Wildman–Crippen MR) is 192 cm³/mol. The van der Waals surface area contributed by atoms with Crippen LogP contribution in [0, 0.1) is 5.92 Å². The second-order valence-electron chi connectivity index (χ2n) is 13.3. The molecule has 2 aromatic carbocycles. The molecule has 2 fully saturated rings. The molecule has 0 unspecified atom stereocenters. The van der Waals surface area contributed by atoms with Crippen molar-refractivity contribution in [1.29, 1.82) is 0 Å². The Morgan fingerprint density at radius 3 is 2.29 bits per heavy atom. The van der Waals surface area contributed by atoms with Gasteiger partial charge in [-0.2, -0.15) is 0 Å². The lowest BCUT2D eigenvalue weighted by Gasteiger charge is -2.27. The first-order valence-corrected chi connectivity index (χ1v) is 17.8. The van der Waals surface area contributed by atoms with Gasteiger partial charge in [0, 0.05) is 41.1 Å². The number of piperidine rings is 1. The summed E-state index contributed by atoms with van der Waals surface area (Å²) in [4.78, 5) is 67.0. The third-order valence-electron chi connectivity index (χ3n) is 11.0. The van der Waals surface area contributed by atoms with Gasteiger partial charge in [-0.1, -0.05) is 11.8 Å². The van der Waals surface area contributed by atoms with Gasteiger partial charge in [0.25, 0.3) is 11.8 Å². The molecule has 1 saturated carbocycles. The summed E-state index contributed by atoms with van der Waals surface area (Å²) < 4.78 is 22.2. The fraction of sp³-hybridized carbons (Fsp3) is 0.297. The third-order valence-corrected chi connectivity index (χ3v) is 11.6. The van der Waals surface area contributed by atoms with Crippen LogP contribution in [0.4, 0.5) is 5.69 Å². The van der Waals surface area contributed by atoms with Crippen LogP contribution in [0.2, 0.25) is 0 Å². The van der Waals surface area contributed by atoms with Crippen LogP contribution in [0.3, 0.4) is 0 Å². The number of likely N-dealkylation sites (tertiary alicyclic amines) is 1. The van der Waals surface area contributed by atoms with E-state index in [1.54, 1.807) is 35.4 Å². The summed E-state index contributed by atoms with van der Waals surface area (Å²) in [7, 11) is 5.96. The summed E-state index contributed by atoms with van der Waals surface area (Å²) in [5.41, 5.74) is 3.98. The van der Waals surface area contributed by atoms with Crippen molar-refractivity contribution in [2.24, 2.45) is 5.92 Å². The zero-order chi connectivity index (χ0) is 36.4. The van der Waals surface area contributed by atoms with Gasteiger partial charge >= 0.3 is 0 Å². The molecule has 1 saturated heterocycles. The number of amides is 2. The highest BCUT2D eigenvalue weighted by molar-refractivity contribution is 8.13. The van der Waals surface area contributed by atoms with E-state index < -0.39 is 11.3 Å². The van der Waals surface area contributed by atoms with E-state index in [0.29, 0.717) is 91.6 Å². The van der Waals surface area contributed by atoms with E-state index in [1.807, 2.05) is 0 Å². The number of aromatic amines is 3. The average Bonchev–Trinajstić information content (AvgIpc) is 3.80. The molecule has 1 spiro atoms. The minimum Gasteiger partial charge on any atom is -0.503 e. The topological polar surface area (TPSA) is 179 Å². The Kier molecular flexibility index (Phi) is 6.84. The maximum absolute atomic E-state index is 14.2. The number of nitrogens with one attached hydrogen (secondary N) is 3. The van der Waals surface area contributed by atoms with Crippen molar-refractivity contribution in [2.75, 3.05) is 52.7 Å². The van der Waals surface area contributed by atoms with Gasteiger partial charge in [-0.05, 0) is 60.4 Å². The minimum atomic E-state index is -0.587. The minimum absolute atomic E-state index is 0.0632. The number of nitrogens with zero attached hydrogens (tertiary/aromatic N) is 2. The first-order valence-electron chi connectivity index (χ1n) is 16.6. The number of phenolic OH excluding ortho intramolecular Hbond substituents is 1. The molecule has 0 bridgehead atoms. The van der Waals surface area contributed by atoms with E-state index in [0.717, 1.165) is 18.2 Å². The fourth-order valence-electron chi connectivity index (χ4n) is 8.62. The van der Waals surface area contributed by atoms with Crippen molar-refractivity contribution in [1.82, 2.24) is 19.9 Å². The molecule has 2 atom stereocenters. The Morgan fingerprint density at radius 1 is 0.865 bits per heavy atom. The molecule has 9 rings (SSSR count). The number of allylic oxidation sites excluding steroid dienone is 2. The summed E-state index contributed by atoms with van der Waals surface area (Å²) in [5, 5.41) is 12.6. The van der Waals surface area contributed by atoms with Crippen LogP contribution in [0.1, 0.15) is 59.5 Å². The highest BCUT2D eigenvalue weighted by atomic mass is 32.2. The standard InChI is InChI=1S/C37H33N5O9S/c1-48-24-9-15-8-20(38-26(15)33(51-4)31(24)49-2)35(46)42-14-16-13-37(16)19-11-21(39-28(19)23(43)12-25(37)42)34(45)41-7-6-17-18-10-22(36(47)52-5)40-27(18)32(50-3)30(44)29(17)41/h8-12,16,38-40,44H,6-7,13-14H2,1-5H3/t16-,37-/m0/s1. The van der Waals surface area contributed by atoms with Crippen molar-refractivity contribution in [2.45, 2.75) is 18.3 Å². The van der Waals surface area contributed by atoms with E-state index in [-0.39, 0.29) is 46.5 Å². The largest absolute Gasteiger partial charge is 0.503 e. The second-order valence-corrected chi connectivity index (χ2v) is 14.1. The molecule has 2 aliphatic heterocycles. The summed E-state index contributed by atoms with van der Waals surface area (Å²) in [6.45, 7) is 0.678. The number of ketones is 1. The summed E-state index contributed by atoms with van der Waals surface area (Å²) >= 11 is 1.06. The van der Waals surface area contributed by atoms with E-state index in [9.17, 15) is 24.3 Å². The Bertz CT molecular complexity index is 2490. The molecule has 15 heteroatoms. The number of carbonyl (C=O) groups excluding carboxylic acids is 4. The first-order chi connectivity index (χ1) is 25.1. The van der Waals surface area contributed by atoms with Gasteiger partial charge in [-0.15, -0.1) is 0 Å². The van der Waals surface area contributed by atoms with Crippen molar-refractivity contribution < 1.29 is 43.2 Å². The Labute approximate surface area is 300 Å². The Balaban J connectivity index is 1.05. The number of aromatic hydroxyl groups is 1. The molecular formula is C37H33N5O9S. The lowest BCUT2D eigenvalue weighted by molar-refractivity contribution is 0.0806. The Morgan fingerprint density at radius 2 is 1.58 bits per heavy atom. The van der Waals surface area contributed by atoms with Gasteiger partial charge in [-0.3, -0.25) is 19.2 Å². The van der Waals surface area contributed by atoms with Gasteiger partial charge in [0.1, 0.15) is 11.4 Å². The van der Waals surface area contributed by atoms with Gasteiger partial charge in [-0.25, -0.2) is 0 Å². The number of hydrogen-bond donors (Lipinski definition) is 4. The van der Waals surface area contributed by atoms with Crippen molar-refractivity contribution in [3.8, 4) is 28.7 Å². The zero-order valence-corrected chi connectivity index (χ0v) is 29.6. The number of fused-ring (bicyclic) bond motifs is 5. The van der Waals surface area contributed by atoms with Crippen LogP contribution in [-0.2, 0) is 11.8 Å². The molecule has 2 amide bonds. The smallest absolute Gasteiger partial charge is 0.274 e. The predicted octanol–water partition coefficient (Wildman–Crippen LogP) is 4.92. The number of carbonyl (C=O) groups is 4. The van der Waals surface area contributed by atoms with Crippen LogP contribution in [0.15, 0.2) is 36.0 Å². The number of ether oxygens (including phenoxy) is 4. The quantitative estimate of drug-likeness (QED) is 0.180. The lowest BCUT2D eigenvalue weighted by Crippen LogP contribution is -2.33. The molecule has 266 valence electrons. The monoisotopic (exact) mass is 723 g/mol. The number of anilines is 1. The number of phenols is 1. The number of thioether (sulfide) groups is 1. The van der Waals surface area contributed by atoms with Crippen molar-refractivity contribution >= 4 is 62.0 Å². The van der Waals surface area contributed by atoms with Gasteiger partial charge in [0.05, 0.1) is 56.5 Å². The number of rotatable bonds is 7. The number of aromatic nitrogens is 3. The average molecular weight is 724 g/mol. The first kappa shape index (κ1) is 32.1. The highest BCUT2D eigenvalue weighted by Crippen LogP contribution is 2.67. The number of H-pyrrole nitrogens is 3. The molecule has 52 heavy (non-hydrogen) atoms. The van der Waals surface area contributed by atoms with E-state index in [2.05, 4.69) is 15.0 Å². The highest BCUT2D eigenvalue weighted by Gasteiger charge is 2.68. The van der Waals surface area contributed by atoms with E-state index in [1.165, 1.54) is 39.4 Å². The number of methoxy groups -OCH3 is 4. The second kappa shape index (κ2) is 11.1. The van der Waals surface area contributed by atoms with Crippen LogP contribution < -0.4 is 23.8 Å². The maximum Gasteiger partial charge on any atom is 0.274 e. The molecule has 2 aliphatic carbocycles. The van der Waals surface area contributed by atoms with Crippen LogP contribution >= 0.6 is 11.8 Å². The molecule has 4 N–H and O–H groups in total. The van der Waals surface area contributed by atoms with Crippen LogP contribution in [0.25, 0.3) is 21.8 Å². The molecule has 14 nitrogen and oxygen atoms in total. The zero-order valence-electron chi connectivity index (χ0n) is 28.8. The molecule has 4 aliphatic rings. The van der Waals surface area contributed by atoms with Crippen molar-refractivity contribution in [3.63, 3.8) is 0 Å². The van der Waals surface area contributed by atoms with Crippen molar-refractivity contribution in [3.05, 3.63) is 69.9 Å². The Hall–Kier alpha value is -5.83. The number of hydrogen-bond acceptors (Lipinski definition) is 10. The van der Waals surface area contributed by atoms with Gasteiger partial charge < -0.3 is 48.8 Å². The van der Waals surface area contributed by atoms with E-state index >= 15 is 0 Å². The molecular weight excluding hydrogens is 690 g/mol. The summed E-state index contributed by atoms with van der Waals surface area (Å²) in [6.07, 6.45) is 4.36. The van der Waals surface area contributed by atoms with Gasteiger partial charge in [0.2, 0.25) is 16.6 Å². The van der Waals surface area contributed by atoms with Crippen LogP contribution in [0.5, 0.6) is 28.7 Å². The number of benzene rings is 2. The normalized spacial score (nSPS) is 19.7. The molecule has 5 aromatic rings. The lowest BCUT2D eigenvalue weighted by atomic mass is 9.85.